The van der Waals surface area contributed by atoms with Crippen molar-refractivity contribution in [1.29, 1.82) is 0 Å². The van der Waals surface area contributed by atoms with E-state index < -0.39 is 12.2 Å². The highest BCUT2D eigenvalue weighted by Gasteiger charge is 2.01. The molecular formula is C11H26N2O4. The number of aliphatic hydroxyl groups excluding tert-OH is 2. The first-order valence-corrected chi connectivity index (χ1v) is 6.12. The topological polar surface area (TPSA) is 111 Å². The van der Waals surface area contributed by atoms with Crippen LogP contribution in [0.15, 0.2) is 0 Å². The van der Waals surface area contributed by atoms with Gasteiger partial charge in [0.15, 0.2) is 0 Å². The van der Waals surface area contributed by atoms with Crippen LogP contribution in [-0.4, -0.2) is 61.9 Å². The van der Waals surface area contributed by atoms with Gasteiger partial charge in [-0.15, -0.1) is 0 Å². The summed E-state index contributed by atoms with van der Waals surface area (Å²) in [5.41, 5.74) is 10.5. The summed E-state index contributed by atoms with van der Waals surface area (Å²) >= 11 is 0. The number of hydrogen-bond donors (Lipinski definition) is 4. The van der Waals surface area contributed by atoms with Crippen LogP contribution in [0.1, 0.15) is 19.3 Å². The Morgan fingerprint density at radius 2 is 1.18 bits per heavy atom. The Kier molecular flexibility index (Phi) is 12.1. The maximum atomic E-state index is 9.10. The second-order valence-electron chi connectivity index (χ2n) is 3.99. The van der Waals surface area contributed by atoms with Gasteiger partial charge in [-0.1, -0.05) is 0 Å². The molecule has 0 amide bonds. The van der Waals surface area contributed by atoms with Crippen molar-refractivity contribution in [3.63, 3.8) is 0 Å². The van der Waals surface area contributed by atoms with Gasteiger partial charge in [0.1, 0.15) is 0 Å². The van der Waals surface area contributed by atoms with Gasteiger partial charge in [-0.2, -0.15) is 0 Å². The Morgan fingerprint density at radius 1 is 0.765 bits per heavy atom. The van der Waals surface area contributed by atoms with Gasteiger partial charge in [0.05, 0.1) is 25.4 Å². The molecule has 0 spiro atoms. The molecule has 0 aliphatic heterocycles. The lowest BCUT2D eigenvalue weighted by Crippen LogP contribution is -2.25. The predicted octanol–water partition coefficient (Wildman–Crippen LogP) is -1.17. The largest absolute Gasteiger partial charge is 0.389 e. The fraction of sp³-hybridized carbons (Fsp3) is 1.00. The van der Waals surface area contributed by atoms with Crippen LogP contribution in [0, 0.1) is 0 Å². The van der Waals surface area contributed by atoms with Gasteiger partial charge in [-0.3, -0.25) is 0 Å². The van der Waals surface area contributed by atoms with Crippen molar-refractivity contribution in [2.75, 3.05) is 39.5 Å². The van der Waals surface area contributed by atoms with E-state index in [0.717, 1.165) is 19.3 Å². The zero-order chi connectivity index (χ0) is 12.9. The summed E-state index contributed by atoms with van der Waals surface area (Å²) < 4.78 is 10.4. The molecule has 0 heterocycles. The molecule has 0 rings (SSSR count). The molecule has 0 bridgehead atoms. The lowest BCUT2D eigenvalue weighted by molar-refractivity contribution is 0.0322. The van der Waals surface area contributed by atoms with Crippen LogP contribution in [0.25, 0.3) is 0 Å². The van der Waals surface area contributed by atoms with Crippen LogP contribution in [0.3, 0.4) is 0 Å². The molecule has 6 heteroatoms. The van der Waals surface area contributed by atoms with Gasteiger partial charge >= 0.3 is 0 Å². The zero-order valence-electron chi connectivity index (χ0n) is 10.4. The lowest BCUT2D eigenvalue weighted by Gasteiger charge is -2.09. The summed E-state index contributed by atoms with van der Waals surface area (Å²) in [6.45, 7) is 2.32. The first-order chi connectivity index (χ1) is 8.20. The highest BCUT2D eigenvalue weighted by molar-refractivity contribution is 4.53. The van der Waals surface area contributed by atoms with E-state index in [-0.39, 0.29) is 13.1 Å². The van der Waals surface area contributed by atoms with Crippen LogP contribution in [0.5, 0.6) is 0 Å². The molecule has 6 N–H and O–H groups in total. The van der Waals surface area contributed by atoms with E-state index in [9.17, 15) is 0 Å². The third-order valence-electron chi connectivity index (χ3n) is 2.24. The first-order valence-electron chi connectivity index (χ1n) is 6.12. The average Bonchev–Trinajstić information content (AvgIpc) is 2.35. The van der Waals surface area contributed by atoms with Crippen LogP contribution >= 0.6 is 0 Å². The predicted molar refractivity (Wildman–Crippen MR) is 65.6 cm³/mol. The fourth-order valence-corrected chi connectivity index (χ4v) is 1.16. The molecule has 0 aliphatic rings. The number of nitrogens with two attached hydrogens (primary N) is 2. The SMILES string of the molecule is NCC(O)COCCCCCOCC(O)CN. The molecule has 0 aromatic rings. The van der Waals surface area contributed by atoms with Gasteiger partial charge in [-0.25, -0.2) is 0 Å². The number of ether oxygens (including phenoxy) is 2. The molecule has 2 atom stereocenters. The quantitative estimate of drug-likeness (QED) is 0.325. The average molecular weight is 250 g/mol. The second-order valence-corrected chi connectivity index (χ2v) is 3.99. The summed E-state index contributed by atoms with van der Waals surface area (Å²) in [5, 5.41) is 18.2. The molecule has 0 aliphatic carbocycles. The van der Waals surface area contributed by atoms with E-state index in [4.69, 9.17) is 31.2 Å². The molecule has 2 unspecified atom stereocenters. The molecular weight excluding hydrogens is 224 g/mol. The highest BCUT2D eigenvalue weighted by atomic mass is 16.5. The van der Waals surface area contributed by atoms with Crippen molar-refractivity contribution >= 4 is 0 Å². The molecule has 0 radical (unpaired) electrons. The second kappa shape index (κ2) is 12.2. The number of aliphatic hydroxyl groups is 2. The van der Waals surface area contributed by atoms with Gasteiger partial charge in [0.2, 0.25) is 0 Å². The van der Waals surface area contributed by atoms with Crippen LogP contribution < -0.4 is 11.5 Å². The smallest absolute Gasteiger partial charge is 0.0895 e. The maximum Gasteiger partial charge on any atom is 0.0895 e. The van der Waals surface area contributed by atoms with E-state index in [0.29, 0.717) is 26.4 Å². The number of unbranched alkanes of at least 4 members (excludes halogenated alkanes) is 2. The normalized spacial score (nSPS) is 14.8. The molecule has 17 heavy (non-hydrogen) atoms. The minimum absolute atomic E-state index is 0.233. The third-order valence-corrected chi connectivity index (χ3v) is 2.24. The first kappa shape index (κ1) is 16.8. The van der Waals surface area contributed by atoms with Crippen molar-refractivity contribution in [1.82, 2.24) is 0 Å². The molecule has 0 fully saturated rings. The van der Waals surface area contributed by atoms with Gasteiger partial charge in [-0.05, 0) is 19.3 Å². The minimum atomic E-state index is -0.559. The summed E-state index contributed by atoms with van der Waals surface area (Å²) in [6, 6.07) is 0. The lowest BCUT2D eigenvalue weighted by atomic mass is 10.2. The molecule has 6 nitrogen and oxygen atoms in total. The molecule has 0 saturated carbocycles. The van der Waals surface area contributed by atoms with Crippen molar-refractivity contribution in [2.45, 2.75) is 31.5 Å². The van der Waals surface area contributed by atoms with E-state index in [1.807, 2.05) is 0 Å². The molecule has 104 valence electrons. The monoisotopic (exact) mass is 250 g/mol. The number of hydrogen-bond acceptors (Lipinski definition) is 6. The summed E-state index contributed by atoms with van der Waals surface area (Å²) in [5.74, 6) is 0. The van der Waals surface area contributed by atoms with Crippen LogP contribution in [0.2, 0.25) is 0 Å². The Bertz CT molecular complexity index is 144. The minimum Gasteiger partial charge on any atom is -0.389 e. The van der Waals surface area contributed by atoms with Crippen molar-refractivity contribution < 1.29 is 19.7 Å². The van der Waals surface area contributed by atoms with E-state index in [1.54, 1.807) is 0 Å². The Labute approximate surface area is 103 Å². The Hall–Kier alpha value is -0.240. The van der Waals surface area contributed by atoms with Crippen LogP contribution in [-0.2, 0) is 9.47 Å². The molecule has 0 saturated heterocycles. The van der Waals surface area contributed by atoms with Gasteiger partial charge < -0.3 is 31.2 Å². The van der Waals surface area contributed by atoms with Gasteiger partial charge in [0.25, 0.3) is 0 Å². The third kappa shape index (κ3) is 12.0. The van der Waals surface area contributed by atoms with Crippen molar-refractivity contribution in [3.05, 3.63) is 0 Å². The highest BCUT2D eigenvalue weighted by Crippen LogP contribution is 1.97. The standard InChI is InChI=1S/C11H26N2O4/c12-6-10(14)8-16-4-2-1-3-5-17-9-11(15)7-13/h10-11,14-15H,1-9,12-13H2. The van der Waals surface area contributed by atoms with E-state index >= 15 is 0 Å². The summed E-state index contributed by atoms with van der Waals surface area (Å²) in [7, 11) is 0. The molecule has 0 aromatic heterocycles. The Morgan fingerprint density at radius 3 is 1.53 bits per heavy atom. The van der Waals surface area contributed by atoms with Crippen molar-refractivity contribution in [3.8, 4) is 0 Å². The Balaban J connectivity index is 3.04. The maximum absolute atomic E-state index is 9.10. The van der Waals surface area contributed by atoms with Crippen molar-refractivity contribution in [2.24, 2.45) is 11.5 Å². The van der Waals surface area contributed by atoms with Crippen LogP contribution in [0.4, 0.5) is 0 Å². The zero-order valence-corrected chi connectivity index (χ0v) is 10.4. The molecule has 0 aromatic carbocycles. The van der Waals surface area contributed by atoms with E-state index in [1.165, 1.54) is 0 Å². The summed E-state index contributed by atoms with van der Waals surface area (Å²) in [4.78, 5) is 0. The van der Waals surface area contributed by atoms with Gasteiger partial charge in [0, 0.05) is 26.3 Å². The fourth-order valence-electron chi connectivity index (χ4n) is 1.16. The number of rotatable bonds is 12. The summed E-state index contributed by atoms with van der Waals surface area (Å²) in [6.07, 6.45) is 1.74. The van der Waals surface area contributed by atoms with E-state index in [2.05, 4.69) is 0 Å².